The van der Waals surface area contributed by atoms with E-state index in [0.29, 0.717) is 0 Å². The average molecular weight is 492 g/mol. The number of hydrogen-bond acceptors (Lipinski definition) is 13. The second-order valence-corrected chi connectivity index (χ2v) is 7.60. The Kier molecular flexibility index (Phi) is 10.9. The lowest BCUT2D eigenvalue weighted by Crippen LogP contribution is -2.70. The first kappa shape index (κ1) is 29.3. The molecule has 0 amide bonds. The second-order valence-electron chi connectivity index (χ2n) is 7.60. The Balaban J connectivity index is 3.61. The van der Waals surface area contributed by atoms with Crippen LogP contribution in [0.1, 0.15) is 41.5 Å². The number of ether oxygens (including phenoxy) is 7. The number of aliphatic hydroxyl groups is 1. The van der Waals surface area contributed by atoms with Gasteiger partial charge in [0.1, 0.15) is 18.8 Å². The molecule has 34 heavy (non-hydrogen) atoms. The smallest absolute Gasteiger partial charge is 0.369 e. The highest BCUT2D eigenvalue weighted by molar-refractivity contribution is 5.79. The van der Waals surface area contributed by atoms with Gasteiger partial charge >= 0.3 is 29.8 Å². The number of carbonyl (C=O) groups excluding carboxylic acids is 5. The van der Waals surface area contributed by atoms with Crippen LogP contribution in [0.4, 0.5) is 0 Å². The Bertz CT molecular complexity index is 766. The van der Waals surface area contributed by atoms with E-state index in [1.165, 1.54) is 6.92 Å². The standard InChI is InChI=1S/C21H32O13/c1-8-29-19-17(32-13(5)24)10(2)16(34-21(19,27)20(26)28-7)18(33-14(6)25)15(31-12(4)23)9-30-11(3)22/h10,15-19,27H,8-9H2,1-7H3/t10-,15+,16+,17+,18+,19-,21?/m0/s1. The summed E-state index contributed by atoms with van der Waals surface area (Å²) >= 11 is 0. The molecule has 1 aliphatic heterocycles. The van der Waals surface area contributed by atoms with Gasteiger partial charge in [0.25, 0.3) is 5.79 Å². The highest BCUT2D eigenvalue weighted by Crippen LogP contribution is 2.39. The SMILES string of the molecule is CCO[C@H]1[C@H](OC(C)=O)[C@@H](C)[C@H]([C@H](OC(C)=O)[C@@H](COC(C)=O)OC(C)=O)OC1(O)C(=O)OC. The maximum atomic E-state index is 12.6. The molecule has 13 nitrogen and oxygen atoms in total. The summed E-state index contributed by atoms with van der Waals surface area (Å²) in [6.45, 7) is 6.94. The van der Waals surface area contributed by atoms with Crippen molar-refractivity contribution in [2.75, 3.05) is 20.3 Å². The Morgan fingerprint density at radius 1 is 0.971 bits per heavy atom. The molecule has 0 aromatic carbocycles. The van der Waals surface area contributed by atoms with Gasteiger partial charge in [0.15, 0.2) is 18.3 Å². The van der Waals surface area contributed by atoms with Gasteiger partial charge in [-0.05, 0) is 6.92 Å². The summed E-state index contributed by atoms with van der Waals surface area (Å²) in [4.78, 5) is 59.4. The van der Waals surface area contributed by atoms with Crippen molar-refractivity contribution in [2.24, 2.45) is 5.92 Å². The van der Waals surface area contributed by atoms with Crippen molar-refractivity contribution >= 4 is 29.8 Å². The van der Waals surface area contributed by atoms with Gasteiger partial charge in [0.2, 0.25) is 0 Å². The van der Waals surface area contributed by atoms with Gasteiger partial charge in [-0.3, -0.25) is 19.2 Å². The number of rotatable bonds is 10. The molecule has 1 rings (SSSR count). The molecule has 0 radical (unpaired) electrons. The zero-order valence-corrected chi connectivity index (χ0v) is 20.2. The molecule has 1 unspecified atom stereocenters. The first-order valence-electron chi connectivity index (χ1n) is 10.5. The summed E-state index contributed by atoms with van der Waals surface area (Å²) in [6, 6.07) is 0. The van der Waals surface area contributed by atoms with Crippen LogP contribution < -0.4 is 0 Å². The number of hydrogen-bond donors (Lipinski definition) is 1. The molecule has 0 bridgehead atoms. The molecule has 1 saturated heterocycles. The molecule has 0 spiro atoms. The van der Waals surface area contributed by atoms with Crippen molar-refractivity contribution in [3.05, 3.63) is 0 Å². The zero-order chi connectivity index (χ0) is 26.2. The minimum Gasteiger partial charge on any atom is -0.465 e. The van der Waals surface area contributed by atoms with E-state index in [9.17, 15) is 29.1 Å². The minimum atomic E-state index is -2.80. The Morgan fingerprint density at radius 2 is 1.56 bits per heavy atom. The van der Waals surface area contributed by atoms with Crippen molar-refractivity contribution < 1.29 is 62.2 Å². The highest BCUT2D eigenvalue weighted by atomic mass is 16.7. The van der Waals surface area contributed by atoms with E-state index in [1.807, 2.05) is 0 Å². The third-order valence-corrected chi connectivity index (χ3v) is 4.92. The summed E-state index contributed by atoms with van der Waals surface area (Å²) < 4.78 is 36.7. The molecule has 1 heterocycles. The zero-order valence-electron chi connectivity index (χ0n) is 20.2. The van der Waals surface area contributed by atoms with Crippen LogP contribution in [0.5, 0.6) is 0 Å². The molecule has 7 atom stereocenters. The topological polar surface area (TPSA) is 170 Å². The normalized spacial score (nSPS) is 28.1. The van der Waals surface area contributed by atoms with Gasteiger partial charge in [0.05, 0.1) is 7.11 Å². The summed E-state index contributed by atoms with van der Waals surface area (Å²) in [7, 11) is 0.993. The van der Waals surface area contributed by atoms with Crippen molar-refractivity contribution in [3.8, 4) is 0 Å². The third-order valence-electron chi connectivity index (χ3n) is 4.92. The van der Waals surface area contributed by atoms with Crippen LogP contribution in [0.15, 0.2) is 0 Å². The van der Waals surface area contributed by atoms with Gasteiger partial charge in [-0.2, -0.15) is 0 Å². The van der Waals surface area contributed by atoms with Crippen LogP contribution in [0.25, 0.3) is 0 Å². The first-order valence-corrected chi connectivity index (χ1v) is 10.5. The lowest BCUT2D eigenvalue weighted by atomic mass is 9.82. The van der Waals surface area contributed by atoms with Gasteiger partial charge in [-0.25, -0.2) is 4.79 Å². The number of esters is 5. The molecular formula is C21H32O13. The summed E-state index contributed by atoms with van der Waals surface area (Å²) in [5.74, 6) is -8.08. The largest absolute Gasteiger partial charge is 0.465 e. The lowest BCUT2D eigenvalue weighted by Gasteiger charge is -2.49. The number of carbonyl (C=O) groups is 5. The molecule has 0 aliphatic carbocycles. The molecule has 1 N–H and O–H groups in total. The third kappa shape index (κ3) is 7.37. The Hall–Kier alpha value is -2.77. The highest BCUT2D eigenvalue weighted by Gasteiger charge is 2.62. The van der Waals surface area contributed by atoms with E-state index in [0.717, 1.165) is 34.8 Å². The number of methoxy groups -OCH3 is 1. The average Bonchev–Trinajstić information content (AvgIpc) is 2.73. The quantitative estimate of drug-likeness (QED) is 0.310. The van der Waals surface area contributed by atoms with Gasteiger partial charge in [-0.1, -0.05) is 6.92 Å². The monoisotopic (exact) mass is 492 g/mol. The van der Waals surface area contributed by atoms with Crippen molar-refractivity contribution in [1.82, 2.24) is 0 Å². The van der Waals surface area contributed by atoms with Crippen molar-refractivity contribution in [1.29, 1.82) is 0 Å². The van der Waals surface area contributed by atoms with Crippen LogP contribution >= 0.6 is 0 Å². The van der Waals surface area contributed by atoms with Gasteiger partial charge in [0, 0.05) is 40.2 Å². The second kappa shape index (κ2) is 12.6. The molecule has 0 aromatic heterocycles. The molecular weight excluding hydrogens is 460 g/mol. The van der Waals surface area contributed by atoms with E-state index in [1.54, 1.807) is 6.92 Å². The fourth-order valence-electron chi connectivity index (χ4n) is 3.65. The van der Waals surface area contributed by atoms with Crippen LogP contribution in [0.3, 0.4) is 0 Å². The lowest BCUT2D eigenvalue weighted by molar-refractivity contribution is -0.348. The van der Waals surface area contributed by atoms with Gasteiger partial charge in [-0.15, -0.1) is 0 Å². The predicted octanol–water partition coefficient (Wildman–Crippen LogP) is -0.354. The molecule has 1 aliphatic rings. The van der Waals surface area contributed by atoms with Crippen molar-refractivity contribution in [2.45, 2.75) is 77.8 Å². The summed E-state index contributed by atoms with van der Waals surface area (Å²) in [6.07, 6.45) is -7.13. The van der Waals surface area contributed by atoms with E-state index in [-0.39, 0.29) is 6.61 Å². The van der Waals surface area contributed by atoms with E-state index >= 15 is 0 Å². The van der Waals surface area contributed by atoms with Crippen LogP contribution in [-0.2, 0) is 57.1 Å². The molecule has 1 fully saturated rings. The van der Waals surface area contributed by atoms with Crippen LogP contribution in [0, 0.1) is 5.92 Å². The predicted molar refractivity (Wildman–Crippen MR) is 110 cm³/mol. The van der Waals surface area contributed by atoms with E-state index in [4.69, 9.17) is 28.4 Å². The molecule has 0 saturated carbocycles. The maximum Gasteiger partial charge on any atom is 0.369 e. The first-order chi connectivity index (χ1) is 15.8. The molecule has 13 heteroatoms. The Morgan fingerprint density at radius 3 is 2.00 bits per heavy atom. The van der Waals surface area contributed by atoms with Crippen LogP contribution in [0.2, 0.25) is 0 Å². The Labute approximate surface area is 196 Å². The van der Waals surface area contributed by atoms with Crippen LogP contribution in [-0.4, -0.2) is 91.6 Å². The maximum absolute atomic E-state index is 12.6. The molecule has 194 valence electrons. The molecule has 0 aromatic rings. The van der Waals surface area contributed by atoms with E-state index < -0.39 is 78.7 Å². The van der Waals surface area contributed by atoms with Gasteiger partial charge < -0.3 is 38.3 Å². The minimum absolute atomic E-state index is 0.00161. The van der Waals surface area contributed by atoms with E-state index in [2.05, 4.69) is 4.74 Å². The summed E-state index contributed by atoms with van der Waals surface area (Å²) in [5.41, 5.74) is 0. The van der Waals surface area contributed by atoms with Crippen molar-refractivity contribution in [3.63, 3.8) is 0 Å². The fourth-order valence-corrected chi connectivity index (χ4v) is 3.65. The fraction of sp³-hybridized carbons (Fsp3) is 0.762. The summed E-state index contributed by atoms with van der Waals surface area (Å²) in [5, 5.41) is 11.2.